The molecule has 0 saturated carbocycles. The third kappa shape index (κ3) is 2.35. The Morgan fingerprint density at radius 2 is 2.12 bits per heavy atom. The zero-order chi connectivity index (χ0) is 11.7. The summed E-state index contributed by atoms with van der Waals surface area (Å²) >= 11 is 0. The van der Waals surface area contributed by atoms with Crippen LogP contribution in [0, 0.1) is 6.92 Å². The summed E-state index contributed by atoms with van der Waals surface area (Å²) in [6, 6.07) is 4.37. The van der Waals surface area contributed by atoms with Crippen molar-refractivity contribution in [2.24, 2.45) is 0 Å². The lowest BCUT2D eigenvalue weighted by atomic mass is 10.0. The van der Waals surface area contributed by atoms with E-state index in [9.17, 15) is 0 Å². The Bertz CT molecular complexity index is 373. The highest BCUT2D eigenvalue weighted by Crippen LogP contribution is 2.27. The lowest BCUT2D eigenvalue weighted by molar-refractivity contribution is 0.410. The van der Waals surface area contributed by atoms with Crippen molar-refractivity contribution < 1.29 is 0 Å². The van der Waals surface area contributed by atoms with E-state index in [4.69, 9.17) is 0 Å². The van der Waals surface area contributed by atoms with Crippen molar-refractivity contribution in [2.45, 2.75) is 19.3 Å². The van der Waals surface area contributed by atoms with E-state index in [2.05, 4.69) is 55.0 Å². The van der Waals surface area contributed by atoms with Crippen LogP contribution in [0.15, 0.2) is 12.1 Å². The molecular formula is C13H21N3. The van der Waals surface area contributed by atoms with Gasteiger partial charge in [0.1, 0.15) is 0 Å². The molecule has 0 aliphatic carbocycles. The van der Waals surface area contributed by atoms with E-state index in [1.54, 1.807) is 0 Å². The third-order valence-corrected chi connectivity index (χ3v) is 3.28. The minimum absolute atomic E-state index is 0.614. The summed E-state index contributed by atoms with van der Waals surface area (Å²) in [5.74, 6) is 0.614. The average molecular weight is 219 g/mol. The molecule has 16 heavy (non-hydrogen) atoms. The Kier molecular flexibility index (Phi) is 3.15. The van der Waals surface area contributed by atoms with Gasteiger partial charge in [-0.3, -0.25) is 4.98 Å². The minimum Gasteiger partial charge on any atom is -0.378 e. The lowest BCUT2D eigenvalue weighted by Crippen LogP contribution is -2.15. The maximum absolute atomic E-state index is 4.68. The van der Waals surface area contributed by atoms with Crippen LogP contribution in [0.25, 0.3) is 0 Å². The highest BCUT2D eigenvalue weighted by atomic mass is 15.1. The Morgan fingerprint density at radius 1 is 1.38 bits per heavy atom. The van der Waals surface area contributed by atoms with E-state index in [0.717, 1.165) is 12.2 Å². The standard InChI is InChI=1S/C13H21N3/c1-10-7-12(15(2)3)8-13(14-10)11-5-6-16(4)9-11/h7-8,11H,5-6,9H2,1-4H3/t11-/m0/s1. The highest BCUT2D eigenvalue weighted by Gasteiger charge is 2.22. The number of likely N-dealkylation sites (tertiary alicyclic amines) is 1. The molecule has 88 valence electrons. The van der Waals surface area contributed by atoms with Crippen LogP contribution in [0.5, 0.6) is 0 Å². The molecule has 1 aliphatic heterocycles. The Balaban J connectivity index is 2.27. The maximum atomic E-state index is 4.68. The SMILES string of the molecule is Cc1cc(N(C)C)cc([C@H]2CCN(C)C2)n1. The van der Waals surface area contributed by atoms with Crippen molar-refractivity contribution >= 4 is 5.69 Å². The van der Waals surface area contributed by atoms with E-state index in [0.29, 0.717) is 5.92 Å². The van der Waals surface area contributed by atoms with Crippen LogP contribution in [-0.2, 0) is 0 Å². The van der Waals surface area contributed by atoms with Crippen molar-refractivity contribution in [1.29, 1.82) is 0 Å². The quantitative estimate of drug-likeness (QED) is 0.757. The second-order valence-electron chi connectivity index (χ2n) is 5.03. The van der Waals surface area contributed by atoms with Gasteiger partial charge in [-0.05, 0) is 39.1 Å². The van der Waals surface area contributed by atoms with Gasteiger partial charge in [-0.2, -0.15) is 0 Å². The van der Waals surface area contributed by atoms with Crippen LogP contribution >= 0.6 is 0 Å². The zero-order valence-corrected chi connectivity index (χ0v) is 10.7. The highest BCUT2D eigenvalue weighted by molar-refractivity contribution is 5.47. The molecule has 3 nitrogen and oxygen atoms in total. The summed E-state index contributed by atoms with van der Waals surface area (Å²) in [6.07, 6.45) is 1.24. The second kappa shape index (κ2) is 4.42. The van der Waals surface area contributed by atoms with Crippen LogP contribution in [0.4, 0.5) is 5.69 Å². The van der Waals surface area contributed by atoms with Gasteiger partial charge in [0.05, 0.1) is 0 Å². The number of hydrogen-bond acceptors (Lipinski definition) is 3. The molecule has 1 aliphatic rings. The van der Waals surface area contributed by atoms with E-state index in [1.807, 2.05) is 0 Å². The summed E-state index contributed by atoms with van der Waals surface area (Å²) in [6.45, 7) is 4.41. The molecule has 0 aromatic carbocycles. The summed E-state index contributed by atoms with van der Waals surface area (Å²) in [7, 11) is 6.35. The van der Waals surface area contributed by atoms with Crippen molar-refractivity contribution in [2.75, 3.05) is 39.1 Å². The van der Waals surface area contributed by atoms with E-state index in [-0.39, 0.29) is 0 Å². The summed E-state index contributed by atoms with van der Waals surface area (Å²) in [5, 5.41) is 0. The fourth-order valence-corrected chi connectivity index (χ4v) is 2.32. The molecule has 0 spiro atoms. The first-order chi connectivity index (χ1) is 7.56. The molecule has 0 unspecified atom stereocenters. The molecule has 1 aromatic rings. The molecule has 2 heterocycles. The van der Waals surface area contributed by atoms with E-state index < -0.39 is 0 Å². The fourth-order valence-electron chi connectivity index (χ4n) is 2.32. The third-order valence-electron chi connectivity index (χ3n) is 3.28. The number of nitrogens with zero attached hydrogens (tertiary/aromatic N) is 3. The molecule has 0 radical (unpaired) electrons. The predicted molar refractivity (Wildman–Crippen MR) is 68.2 cm³/mol. The molecule has 1 atom stereocenters. The van der Waals surface area contributed by atoms with Crippen molar-refractivity contribution in [3.63, 3.8) is 0 Å². The van der Waals surface area contributed by atoms with Gasteiger partial charge in [0.15, 0.2) is 0 Å². The molecule has 2 rings (SSSR count). The summed E-state index contributed by atoms with van der Waals surface area (Å²) in [5.41, 5.74) is 3.64. The van der Waals surface area contributed by atoms with Gasteiger partial charge in [0.2, 0.25) is 0 Å². The molecule has 3 heteroatoms. The molecular weight excluding hydrogens is 198 g/mol. The molecule has 1 saturated heterocycles. The number of hydrogen-bond donors (Lipinski definition) is 0. The van der Waals surface area contributed by atoms with Gasteiger partial charge in [-0.25, -0.2) is 0 Å². The van der Waals surface area contributed by atoms with Gasteiger partial charge in [0, 0.05) is 43.6 Å². The molecule has 0 bridgehead atoms. The molecule has 0 amide bonds. The number of anilines is 1. The van der Waals surface area contributed by atoms with E-state index in [1.165, 1.54) is 24.3 Å². The number of rotatable bonds is 2. The van der Waals surface area contributed by atoms with Gasteiger partial charge in [-0.15, -0.1) is 0 Å². The maximum Gasteiger partial charge on any atom is 0.0471 e. The molecule has 1 aromatic heterocycles. The lowest BCUT2D eigenvalue weighted by Gasteiger charge is -2.17. The zero-order valence-electron chi connectivity index (χ0n) is 10.7. The van der Waals surface area contributed by atoms with Crippen LogP contribution in [0.3, 0.4) is 0 Å². The van der Waals surface area contributed by atoms with Crippen molar-refractivity contribution in [1.82, 2.24) is 9.88 Å². The first kappa shape index (κ1) is 11.4. The van der Waals surface area contributed by atoms with Crippen LogP contribution in [-0.4, -0.2) is 44.1 Å². The Hall–Kier alpha value is -1.09. The Morgan fingerprint density at radius 3 is 2.69 bits per heavy atom. The summed E-state index contributed by atoms with van der Waals surface area (Å²) < 4.78 is 0. The minimum atomic E-state index is 0.614. The number of likely N-dealkylation sites (N-methyl/N-ethyl adjacent to an activating group) is 1. The largest absolute Gasteiger partial charge is 0.378 e. The van der Waals surface area contributed by atoms with Gasteiger partial charge >= 0.3 is 0 Å². The van der Waals surface area contributed by atoms with Crippen molar-refractivity contribution in [3.8, 4) is 0 Å². The number of aryl methyl sites for hydroxylation is 1. The predicted octanol–water partition coefficient (Wildman–Crippen LogP) is 1.88. The van der Waals surface area contributed by atoms with Crippen LogP contribution < -0.4 is 4.90 Å². The summed E-state index contributed by atoms with van der Waals surface area (Å²) in [4.78, 5) is 9.21. The van der Waals surface area contributed by atoms with E-state index >= 15 is 0 Å². The fraction of sp³-hybridized carbons (Fsp3) is 0.615. The first-order valence-corrected chi connectivity index (χ1v) is 5.90. The number of pyridine rings is 1. The van der Waals surface area contributed by atoms with Crippen molar-refractivity contribution in [3.05, 3.63) is 23.5 Å². The van der Waals surface area contributed by atoms with Gasteiger partial charge in [-0.1, -0.05) is 0 Å². The first-order valence-electron chi connectivity index (χ1n) is 5.90. The Labute approximate surface area is 98.1 Å². The molecule has 1 fully saturated rings. The van der Waals surface area contributed by atoms with Crippen LogP contribution in [0.2, 0.25) is 0 Å². The van der Waals surface area contributed by atoms with Gasteiger partial charge < -0.3 is 9.80 Å². The monoisotopic (exact) mass is 219 g/mol. The topological polar surface area (TPSA) is 19.4 Å². The average Bonchev–Trinajstić information content (AvgIpc) is 2.64. The normalized spacial score (nSPS) is 21.4. The molecule has 0 N–H and O–H groups in total. The smallest absolute Gasteiger partial charge is 0.0471 e. The van der Waals surface area contributed by atoms with Gasteiger partial charge in [0.25, 0.3) is 0 Å². The number of aromatic nitrogens is 1. The van der Waals surface area contributed by atoms with Crippen LogP contribution in [0.1, 0.15) is 23.7 Å². The second-order valence-corrected chi connectivity index (χ2v) is 5.03.